The average Bonchev–Trinajstić information content (AvgIpc) is 3.40. The number of nitrogens with zero attached hydrogens (tertiary/aromatic N) is 3. The standard InChI is InChI=1S/C27H24FN3O6S2/c1-36-18-8-2-15(3-9-18)20-21-22(25(34)31(24(21)33)17-6-4-16(28)5-7-17)38-26-23(20)39-27(35)30(26)14-19(32)29-10-12-37-13-11-29/h2-9,20-22H,10-14H2,1H3. The van der Waals surface area contributed by atoms with Crippen LogP contribution in [-0.4, -0.2) is 65.9 Å². The third-order valence-corrected chi connectivity index (χ3v) is 9.87. The number of anilines is 1. The van der Waals surface area contributed by atoms with E-state index in [2.05, 4.69) is 0 Å². The molecule has 3 amide bonds. The summed E-state index contributed by atoms with van der Waals surface area (Å²) in [5, 5.41) is -0.295. The van der Waals surface area contributed by atoms with Crippen molar-refractivity contribution in [2.24, 2.45) is 5.92 Å². The first-order valence-electron chi connectivity index (χ1n) is 12.4. The highest BCUT2D eigenvalue weighted by atomic mass is 32.2. The van der Waals surface area contributed by atoms with Gasteiger partial charge in [-0.15, -0.1) is 0 Å². The maximum atomic E-state index is 13.8. The van der Waals surface area contributed by atoms with Crippen molar-refractivity contribution in [1.82, 2.24) is 9.47 Å². The molecule has 0 saturated carbocycles. The Bertz CT molecular complexity index is 1500. The van der Waals surface area contributed by atoms with Crippen molar-refractivity contribution in [3.8, 4) is 5.75 Å². The predicted molar refractivity (Wildman–Crippen MR) is 143 cm³/mol. The average molecular weight is 570 g/mol. The predicted octanol–water partition coefficient (Wildman–Crippen LogP) is 2.71. The van der Waals surface area contributed by atoms with Crippen LogP contribution in [0.2, 0.25) is 0 Å². The molecule has 3 aliphatic heterocycles. The zero-order valence-corrected chi connectivity index (χ0v) is 22.5. The fourth-order valence-corrected chi connectivity index (χ4v) is 8.09. The first-order valence-corrected chi connectivity index (χ1v) is 14.1. The smallest absolute Gasteiger partial charge is 0.308 e. The molecule has 6 rings (SSSR count). The zero-order chi connectivity index (χ0) is 27.3. The Morgan fingerprint density at radius 3 is 2.38 bits per heavy atom. The minimum atomic E-state index is -0.819. The van der Waals surface area contributed by atoms with Crippen LogP contribution in [0, 0.1) is 11.7 Å². The van der Waals surface area contributed by atoms with Gasteiger partial charge in [0, 0.05) is 23.9 Å². The van der Waals surface area contributed by atoms with E-state index in [9.17, 15) is 23.6 Å². The van der Waals surface area contributed by atoms with Crippen molar-refractivity contribution < 1.29 is 28.2 Å². The number of halogens is 1. The fraction of sp³-hybridized carbons (Fsp3) is 0.333. The molecule has 3 aromatic rings. The number of carbonyl (C=O) groups excluding carboxylic acids is 3. The molecular weight excluding hydrogens is 545 g/mol. The monoisotopic (exact) mass is 569 g/mol. The van der Waals surface area contributed by atoms with Crippen LogP contribution in [0.3, 0.4) is 0 Å². The first kappa shape index (κ1) is 25.8. The Kier molecular flexibility index (Phi) is 6.77. The summed E-state index contributed by atoms with van der Waals surface area (Å²) in [6.45, 7) is 1.62. The summed E-state index contributed by atoms with van der Waals surface area (Å²) in [5.41, 5.74) is 1.04. The largest absolute Gasteiger partial charge is 0.497 e. The Morgan fingerprint density at radius 2 is 1.72 bits per heavy atom. The summed E-state index contributed by atoms with van der Waals surface area (Å²) in [5.74, 6) is -2.26. The number of aromatic nitrogens is 1. The van der Waals surface area contributed by atoms with Gasteiger partial charge in [-0.05, 0) is 42.0 Å². The lowest BCUT2D eigenvalue weighted by Crippen LogP contribution is -2.43. The van der Waals surface area contributed by atoms with Crippen LogP contribution < -0.4 is 14.5 Å². The molecular formula is C27H24FN3O6S2. The van der Waals surface area contributed by atoms with Crippen molar-refractivity contribution >= 4 is 46.5 Å². The van der Waals surface area contributed by atoms with Gasteiger partial charge in [-0.2, -0.15) is 0 Å². The van der Waals surface area contributed by atoms with Crippen LogP contribution in [0.25, 0.3) is 0 Å². The molecule has 2 aromatic carbocycles. The maximum Gasteiger partial charge on any atom is 0.308 e. The van der Waals surface area contributed by atoms with E-state index in [1.807, 2.05) is 12.1 Å². The number of fused-ring (bicyclic) bond motifs is 2. The number of benzene rings is 2. The van der Waals surface area contributed by atoms with E-state index >= 15 is 0 Å². The number of amides is 3. The van der Waals surface area contributed by atoms with Gasteiger partial charge in [-0.1, -0.05) is 35.2 Å². The number of thioether (sulfide) groups is 1. The minimum Gasteiger partial charge on any atom is -0.497 e. The van der Waals surface area contributed by atoms with Crippen LogP contribution >= 0.6 is 23.1 Å². The zero-order valence-electron chi connectivity index (χ0n) is 20.9. The summed E-state index contributed by atoms with van der Waals surface area (Å²) in [4.78, 5) is 57.0. The number of rotatable bonds is 5. The van der Waals surface area contributed by atoms with Crippen LogP contribution in [0.15, 0.2) is 58.4 Å². The Morgan fingerprint density at radius 1 is 1.03 bits per heavy atom. The van der Waals surface area contributed by atoms with Crippen molar-refractivity contribution in [1.29, 1.82) is 0 Å². The molecule has 0 spiro atoms. The summed E-state index contributed by atoms with van der Waals surface area (Å²) in [7, 11) is 1.55. The van der Waals surface area contributed by atoms with Crippen molar-refractivity contribution in [3.05, 3.63) is 74.5 Å². The van der Waals surface area contributed by atoms with Gasteiger partial charge in [-0.3, -0.25) is 23.7 Å². The second-order valence-corrected chi connectivity index (χ2v) is 11.5. The molecule has 0 N–H and O–H groups in total. The minimum absolute atomic E-state index is 0.159. The SMILES string of the molecule is COc1ccc(C2c3sc(=O)n(CC(=O)N4CCOCC4)c3SC3C(=O)N(c4ccc(F)cc4)C(=O)C32)cc1. The lowest BCUT2D eigenvalue weighted by molar-refractivity contribution is -0.136. The number of morpholine rings is 1. The summed E-state index contributed by atoms with van der Waals surface area (Å²) in [6.07, 6.45) is 0. The Hall–Kier alpha value is -3.48. The highest BCUT2D eigenvalue weighted by Gasteiger charge is 2.56. The number of ether oxygens (including phenoxy) is 2. The van der Waals surface area contributed by atoms with Crippen LogP contribution in [0.5, 0.6) is 5.75 Å². The van der Waals surface area contributed by atoms with Gasteiger partial charge in [-0.25, -0.2) is 9.29 Å². The Balaban J connectivity index is 1.43. The van der Waals surface area contributed by atoms with E-state index in [1.165, 1.54) is 28.8 Å². The third-order valence-electron chi connectivity index (χ3n) is 7.27. The Labute approximate surface area is 231 Å². The first-order chi connectivity index (χ1) is 18.9. The van der Waals surface area contributed by atoms with E-state index in [0.29, 0.717) is 42.0 Å². The molecule has 202 valence electrons. The van der Waals surface area contributed by atoms with E-state index in [1.54, 1.807) is 24.1 Å². The van der Waals surface area contributed by atoms with Crippen LogP contribution in [0.4, 0.5) is 10.1 Å². The molecule has 39 heavy (non-hydrogen) atoms. The van der Waals surface area contributed by atoms with Gasteiger partial charge >= 0.3 is 4.87 Å². The van der Waals surface area contributed by atoms with Gasteiger partial charge in [0.1, 0.15) is 23.4 Å². The molecule has 3 atom stereocenters. The van der Waals surface area contributed by atoms with Gasteiger partial charge in [0.25, 0.3) is 0 Å². The third kappa shape index (κ3) is 4.46. The van der Waals surface area contributed by atoms with Crippen molar-refractivity contribution in [2.75, 3.05) is 38.3 Å². The van der Waals surface area contributed by atoms with Gasteiger partial charge < -0.3 is 14.4 Å². The van der Waals surface area contributed by atoms with Crippen molar-refractivity contribution in [3.63, 3.8) is 0 Å². The molecule has 2 saturated heterocycles. The molecule has 2 fully saturated rings. The molecule has 12 heteroatoms. The van der Waals surface area contributed by atoms with E-state index in [0.717, 1.165) is 33.6 Å². The fourth-order valence-electron chi connectivity index (χ4n) is 5.32. The van der Waals surface area contributed by atoms with Crippen LogP contribution in [0.1, 0.15) is 16.4 Å². The molecule has 4 heterocycles. The molecule has 0 bridgehead atoms. The molecule has 9 nitrogen and oxygen atoms in total. The second kappa shape index (κ2) is 10.2. The highest BCUT2D eigenvalue weighted by Crippen LogP contribution is 2.54. The number of hydrogen-bond donors (Lipinski definition) is 0. The summed E-state index contributed by atoms with van der Waals surface area (Å²) in [6, 6.07) is 12.4. The topological polar surface area (TPSA) is 98.2 Å². The molecule has 1 aromatic heterocycles. The number of carbonyl (C=O) groups is 3. The van der Waals surface area contributed by atoms with E-state index < -0.39 is 34.7 Å². The number of imide groups is 1. The number of methoxy groups -OCH3 is 1. The number of hydrogen-bond acceptors (Lipinski definition) is 8. The molecule has 0 aliphatic carbocycles. The molecule has 3 unspecified atom stereocenters. The lowest BCUT2D eigenvalue weighted by Gasteiger charge is -2.31. The normalized spacial score (nSPS) is 22.6. The van der Waals surface area contributed by atoms with E-state index in [4.69, 9.17) is 9.47 Å². The van der Waals surface area contributed by atoms with E-state index in [-0.39, 0.29) is 23.0 Å². The van der Waals surface area contributed by atoms with Crippen LogP contribution in [-0.2, 0) is 25.7 Å². The van der Waals surface area contributed by atoms with Crippen molar-refractivity contribution in [2.45, 2.75) is 22.7 Å². The second-order valence-electron chi connectivity index (χ2n) is 9.42. The van der Waals surface area contributed by atoms with Gasteiger partial charge in [0.15, 0.2) is 0 Å². The number of thiazole rings is 1. The summed E-state index contributed by atoms with van der Waals surface area (Å²) < 4.78 is 25.6. The molecule has 0 radical (unpaired) electrons. The highest BCUT2D eigenvalue weighted by molar-refractivity contribution is 8.00. The quantitative estimate of drug-likeness (QED) is 0.436. The lowest BCUT2D eigenvalue weighted by atomic mass is 9.83. The molecule has 3 aliphatic rings. The maximum absolute atomic E-state index is 13.8. The van der Waals surface area contributed by atoms with Gasteiger partial charge in [0.2, 0.25) is 17.7 Å². The summed E-state index contributed by atoms with van der Waals surface area (Å²) >= 11 is 2.15. The van der Waals surface area contributed by atoms with Gasteiger partial charge in [0.05, 0.1) is 37.0 Å².